The predicted octanol–water partition coefficient (Wildman–Crippen LogP) is 2.92. The maximum absolute atomic E-state index is 12.7. The molecule has 3 heterocycles. The lowest BCUT2D eigenvalue weighted by molar-refractivity contribution is 0.0555. The van der Waals surface area contributed by atoms with Gasteiger partial charge in [0.15, 0.2) is 5.82 Å². The van der Waals surface area contributed by atoms with Crippen LogP contribution in [0.1, 0.15) is 53.1 Å². The summed E-state index contributed by atoms with van der Waals surface area (Å²) in [5.41, 5.74) is 1.60. The number of aromatic nitrogens is 4. The molecule has 1 atom stereocenters. The van der Waals surface area contributed by atoms with Gasteiger partial charge in [0.05, 0.1) is 13.2 Å². The number of nitrogens with zero attached hydrogens (tertiary/aromatic N) is 4. The van der Waals surface area contributed by atoms with E-state index in [1.54, 1.807) is 17.2 Å². The van der Waals surface area contributed by atoms with E-state index in [4.69, 9.17) is 9.26 Å². The normalized spacial score (nSPS) is 17.0. The molecule has 0 saturated carbocycles. The lowest BCUT2D eigenvalue weighted by Gasteiger charge is -2.32. The van der Waals surface area contributed by atoms with Crippen molar-refractivity contribution in [1.29, 1.82) is 0 Å². The number of amides is 1. The smallest absolute Gasteiger partial charge is 0.272 e. The number of ether oxygens (including phenoxy) is 1. The number of piperidine rings is 1. The molecule has 1 N–H and O–H groups in total. The number of rotatable bonds is 7. The number of carbonyl (C=O) groups is 1. The molecule has 0 radical (unpaired) electrons. The second-order valence-corrected chi connectivity index (χ2v) is 6.82. The van der Waals surface area contributed by atoms with E-state index in [0.29, 0.717) is 43.6 Å². The Labute approximate surface area is 162 Å². The van der Waals surface area contributed by atoms with Crippen molar-refractivity contribution < 1.29 is 14.1 Å². The van der Waals surface area contributed by atoms with Crippen LogP contribution in [0, 0.1) is 0 Å². The number of H-pyrrole nitrogens is 1. The van der Waals surface area contributed by atoms with Crippen molar-refractivity contribution in [2.45, 2.75) is 38.3 Å². The van der Waals surface area contributed by atoms with Gasteiger partial charge in [0, 0.05) is 19.2 Å². The highest BCUT2D eigenvalue weighted by molar-refractivity contribution is 5.92. The van der Waals surface area contributed by atoms with Crippen LogP contribution in [0.25, 0.3) is 0 Å². The van der Waals surface area contributed by atoms with Gasteiger partial charge >= 0.3 is 0 Å². The molecule has 1 aliphatic heterocycles. The van der Waals surface area contributed by atoms with Gasteiger partial charge < -0.3 is 14.2 Å². The van der Waals surface area contributed by atoms with E-state index in [1.807, 2.05) is 30.3 Å². The number of benzene rings is 1. The molecule has 3 aromatic rings. The van der Waals surface area contributed by atoms with Crippen molar-refractivity contribution in [3.8, 4) is 0 Å². The van der Waals surface area contributed by atoms with Crippen molar-refractivity contribution in [2.75, 3.05) is 13.2 Å². The van der Waals surface area contributed by atoms with E-state index in [2.05, 4.69) is 20.3 Å². The lowest BCUT2D eigenvalue weighted by Crippen LogP contribution is -2.38. The molecule has 1 aliphatic rings. The van der Waals surface area contributed by atoms with Crippen LogP contribution in [-0.4, -0.2) is 44.3 Å². The molecule has 1 fully saturated rings. The highest BCUT2D eigenvalue weighted by Gasteiger charge is 2.33. The summed E-state index contributed by atoms with van der Waals surface area (Å²) >= 11 is 0. The van der Waals surface area contributed by atoms with Crippen LogP contribution in [0.15, 0.2) is 47.1 Å². The first-order chi connectivity index (χ1) is 13.8. The fraction of sp³-hybridized carbons (Fsp3) is 0.400. The summed E-state index contributed by atoms with van der Waals surface area (Å²) in [6.45, 7) is 1.73. The molecular weight excluding hydrogens is 358 g/mol. The first kappa shape index (κ1) is 18.4. The number of carbonyl (C=O) groups excluding carboxylic acids is 1. The molecule has 8 heteroatoms. The molecule has 28 heavy (non-hydrogen) atoms. The summed E-state index contributed by atoms with van der Waals surface area (Å²) in [6, 6.07) is 11.5. The molecule has 0 aliphatic carbocycles. The monoisotopic (exact) mass is 381 g/mol. The molecule has 2 aromatic heterocycles. The zero-order chi connectivity index (χ0) is 19.2. The summed E-state index contributed by atoms with van der Waals surface area (Å²) in [7, 11) is 0. The van der Waals surface area contributed by atoms with Gasteiger partial charge in [-0.2, -0.15) is 10.1 Å². The summed E-state index contributed by atoms with van der Waals surface area (Å²) in [4.78, 5) is 19.0. The maximum atomic E-state index is 12.7. The van der Waals surface area contributed by atoms with Gasteiger partial charge in [0.2, 0.25) is 5.89 Å². The zero-order valence-electron chi connectivity index (χ0n) is 15.6. The zero-order valence-corrected chi connectivity index (χ0v) is 15.6. The van der Waals surface area contributed by atoms with Gasteiger partial charge in [-0.3, -0.25) is 9.89 Å². The Balaban J connectivity index is 1.35. The summed E-state index contributed by atoms with van der Waals surface area (Å²) in [5.74, 6) is 1.00. The average molecular weight is 381 g/mol. The van der Waals surface area contributed by atoms with Gasteiger partial charge in [-0.05, 0) is 30.9 Å². The predicted molar refractivity (Wildman–Crippen MR) is 100 cm³/mol. The lowest BCUT2D eigenvalue weighted by atomic mass is 10.0. The molecule has 1 unspecified atom stereocenters. The van der Waals surface area contributed by atoms with E-state index in [9.17, 15) is 4.79 Å². The Morgan fingerprint density at radius 1 is 1.25 bits per heavy atom. The second kappa shape index (κ2) is 8.79. The maximum Gasteiger partial charge on any atom is 0.272 e. The van der Waals surface area contributed by atoms with E-state index < -0.39 is 0 Å². The van der Waals surface area contributed by atoms with Crippen LogP contribution < -0.4 is 0 Å². The average Bonchev–Trinajstić information content (AvgIpc) is 3.44. The number of hydrogen-bond acceptors (Lipinski definition) is 6. The molecule has 0 bridgehead atoms. The van der Waals surface area contributed by atoms with Crippen LogP contribution >= 0.6 is 0 Å². The minimum atomic E-state index is -0.198. The van der Waals surface area contributed by atoms with E-state index in [1.165, 1.54) is 0 Å². The fourth-order valence-corrected chi connectivity index (χ4v) is 3.39. The van der Waals surface area contributed by atoms with Gasteiger partial charge in [-0.25, -0.2) is 0 Å². The van der Waals surface area contributed by atoms with Crippen molar-refractivity contribution in [3.63, 3.8) is 0 Å². The third-order valence-corrected chi connectivity index (χ3v) is 4.85. The second-order valence-electron chi connectivity index (χ2n) is 6.82. The van der Waals surface area contributed by atoms with Crippen molar-refractivity contribution in [3.05, 3.63) is 65.6 Å². The SMILES string of the molecule is O=C(c1ccn[nH]1)N1CCCCC1c1nc(CCOCc2ccccc2)no1. The summed E-state index contributed by atoms with van der Waals surface area (Å²) in [6.07, 6.45) is 4.94. The Bertz CT molecular complexity index is 878. The molecule has 4 rings (SSSR count). The molecule has 0 spiro atoms. The fourth-order valence-electron chi connectivity index (χ4n) is 3.39. The third kappa shape index (κ3) is 4.28. The third-order valence-electron chi connectivity index (χ3n) is 4.85. The minimum Gasteiger partial charge on any atom is -0.376 e. The van der Waals surface area contributed by atoms with Crippen molar-refractivity contribution >= 4 is 5.91 Å². The van der Waals surface area contributed by atoms with Crippen LogP contribution in [-0.2, 0) is 17.8 Å². The number of aromatic amines is 1. The number of hydrogen-bond donors (Lipinski definition) is 1. The Kier molecular flexibility index (Phi) is 5.77. The van der Waals surface area contributed by atoms with Gasteiger partial charge in [0.1, 0.15) is 11.7 Å². The first-order valence-electron chi connectivity index (χ1n) is 9.56. The van der Waals surface area contributed by atoms with Gasteiger partial charge in [-0.1, -0.05) is 35.5 Å². The topological polar surface area (TPSA) is 97.1 Å². The van der Waals surface area contributed by atoms with Crippen LogP contribution in [0.4, 0.5) is 0 Å². The Morgan fingerprint density at radius 3 is 2.96 bits per heavy atom. The van der Waals surface area contributed by atoms with E-state index in [-0.39, 0.29) is 11.9 Å². The quantitative estimate of drug-likeness (QED) is 0.632. The van der Waals surface area contributed by atoms with Crippen LogP contribution in [0.3, 0.4) is 0 Å². The first-order valence-corrected chi connectivity index (χ1v) is 9.56. The highest BCUT2D eigenvalue weighted by Crippen LogP contribution is 2.31. The Morgan fingerprint density at radius 2 is 2.14 bits per heavy atom. The minimum absolute atomic E-state index is 0.0897. The number of nitrogens with one attached hydrogen (secondary N) is 1. The number of likely N-dealkylation sites (tertiary alicyclic amines) is 1. The van der Waals surface area contributed by atoms with Gasteiger partial charge in [-0.15, -0.1) is 0 Å². The molecular formula is C20H23N5O3. The van der Waals surface area contributed by atoms with E-state index in [0.717, 1.165) is 24.8 Å². The summed E-state index contributed by atoms with van der Waals surface area (Å²) in [5, 5.41) is 10.7. The largest absolute Gasteiger partial charge is 0.376 e. The van der Waals surface area contributed by atoms with E-state index >= 15 is 0 Å². The van der Waals surface area contributed by atoms with Crippen molar-refractivity contribution in [2.24, 2.45) is 0 Å². The standard InChI is InChI=1S/C20H23N5O3/c26-20(16-9-11-21-23-16)25-12-5-4-8-17(25)19-22-18(24-28-19)10-13-27-14-15-6-2-1-3-7-15/h1-3,6-7,9,11,17H,4-5,8,10,12-14H2,(H,21,23). The van der Waals surface area contributed by atoms with Crippen LogP contribution in [0.2, 0.25) is 0 Å². The highest BCUT2D eigenvalue weighted by atomic mass is 16.5. The molecule has 8 nitrogen and oxygen atoms in total. The summed E-state index contributed by atoms with van der Waals surface area (Å²) < 4.78 is 11.2. The van der Waals surface area contributed by atoms with Gasteiger partial charge in [0.25, 0.3) is 5.91 Å². The molecule has 1 amide bonds. The van der Waals surface area contributed by atoms with Crippen LogP contribution in [0.5, 0.6) is 0 Å². The molecule has 146 valence electrons. The molecule has 1 aromatic carbocycles. The van der Waals surface area contributed by atoms with Crippen molar-refractivity contribution in [1.82, 2.24) is 25.2 Å². The molecule has 1 saturated heterocycles. The Hall–Kier alpha value is -3.00.